The van der Waals surface area contributed by atoms with Gasteiger partial charge in [0.15, 0.2) is 0 Å². The summed E-state index contributed by atoms with van der Waals surface area (Å²) in [6.45, 7) is 0.734. The van der Waals surface area contributed by atoms with Gasteiger partial charge in [0, 0.05) is 16.7 Å². The van der Waals surface area contributed by atoms with E-state index in [2.05, 4.69) is 4.99 Å². The molecule has 0 radical (unpaired) electrons. The van der Waals surface area contributed by atoms with E-state index in [1.807, 2.05) is 30.3 Å². The topological polar surface area (TPSA) is 59.0 Å². The Morgan fingerprint density at radius 2 is 1.91 bits per heavy atom. The standard InChI is InChI=1S/C16H15ClN2O3S/c1-22-14-11-13(17)7-8-15(14)23(20,21)19-10-9-18-16(19)12-5-3-2-4-6-12/h2-8,11H,9-10H2,1H3. The smallest absolute Gasteiger partial charge is 0.269 e. The molecule has 3 rings (SSSR count). The summed E-state index contributed by atoms with van der Waals surface area (Å²) in [7, 11) is -2.36. The third kappa shape index (κ3) is 2.92. The number of halogens is 1. The lowest BCUT2D eigenvalue weighted by atomic mass is 10.2. The van der Waals surface area contributed by atoms with Gasteiger partial charge < -0.3 is 4.74 Å². The van der Waals surface area contributed by atoms with E-state index in [0.717, 1.165) is 5.56 Å². The number of aliphatic imine (C=N–C) groups is 1. The van der Waals surface area contributed by atoms with Crippen LogP contribution in [-0.2, 0) is 10.0 Å². The summed E-state index contributed by atoms with van der Waals surface area (Å²) in [5, 5.41) is 0.416. The quantitative estimate of drug-likeness (QED) is 0.852. The first kappa shape index (κ1) is 15.8. The van der Waals surface area contributed by atoms with E-state index in [9.17, 15) is 8.42 Å². The van der Waals surface area contributed by atoms with E-state index in [1.54, 1.807) is 0 Å². The largest absolute Gasteiger partial charge is 0.495 e. The highest BCUT2D eigenvalue weighted by molar-refractivity contribution is 7.89. The molecule has 0 fully saturated rings. The highest BCUT2D eigenvalue weighted by Gasteiger charge is 2.33. The summed E-state index contributed by atoms with van der Waals surface area (Å²) < 4.78 is 32.6. The van der Waals surface area contributed by atoms with Gasteiger partial charge >= 0.3 is 0 Å². The first-order chi connectivity index (χ1) is 11.0. The lowest BCUT2D eigenvalue weighted by Gasteiger charge is -2.21. The fourth-order valence-electron chi connectivity index (χ4n) is 2.46. The van der Waals surface area contributed by atoms with Gasteiger partial charge in [0.2, 0.25) is 0 Å². The first-order valence-electron chi connectivity index (χ1n) is 7.00. The van der Waals surface area contributed by atoms with Crippen molar-refractivity contribution < 1.29 is 13.2 Å². The number of amidine groups is 1. The number of hydrogen-bond donors (Lipinski definition) is 0. The van der Waals surface area contributed by atoms with Crippen LogP contribution in [0.4, 0.5) is 0 Å². The summed E-state index contributed by atoms with van der Waals surface area (Å²) in [4.78, 5) is 4.43. The summed E-state index contributed by atoms with van der Waals surface area (Å²) in [6, 6.07) is 13.7. The van der Waals surface area contributed by atoms with Crippen LogP contribution in [-0.4, -0.2) is 38.8 Å². The molecule has 0 spiro atoms. The molecule has 0 saturated heterocycles. The molecular formula is C16H15ClN2O3S. The van der Waals surface area contributed by atoms with E-state index in [0.29, 0.717) is 23.9 Å². The zero-order valence-corrected chi connectivity index (χ0v) is 14.0. The molecule has 2 aromatic rings. The molecule has 0 bridgehead atoms. The second kappa shape index (κ2) is 6.22. The van der Waals surface area contributed by atoms with Gasteiger partial charge in [0.25, 0.3) is 10.0 Å². The van der Waals surface area contributed by atoms with E-state index < -0.39 is 10.0 Å². The highest BCUT2D eigenvalue weighted by atomic mass is 35.5. The molecule has 7 heteroatoms. The molecule has 120 valence electrons. The molecule has 0 amide bonds. The molecule has 2 aromatic carbocycles. The fourth-order valence-corrected chi connectivity index (χ4v) is 4.21. The van der Waals surface area contributed by atoms with E-state index in [4.69, 9.17) is 16.3 Å². The molecule has 0 aromatic heterocycles. The van der Waals surface area contributed by atoms with Crippen LogP contribution in [0.5, 0.6) is 5.75 Å². The zero-order chi connectivity index (χ0) is 16.4. The maximum absolute atomic E-state index is 13.0. The summed E-state index contributed by atoms with van der Waals surface area (Å²) in [6.07, 6.45) is 0. The normalized spacial score (nSPS) is 14.7. The van der Waals surface area contributed by atoms with Crippen molar-refractivity contribution in [2.24, 2.45) is 4.99 Å². The number of hydrogen-bond acceptors (Lipinski definition) is 4. The van der Waals surface area contributed by atoms with Crippen LogP contribution in [0.25, 0.3) is 0 Å². The first-order valence-corrected chi connectivity index (χ1v) is 8.82. The van der Waals surface area contributed by atoms with Gasteiger partial charge in [-0.2, -0.15) is 0 Å². The van der Waals surface area contributed by atoms with Crippen LogP contribution in [0.15, 0.2) is 58.4 Å². The number of ether oxygens (including phenoxy) is 1. The molecule has 0 N–H and O–H groups in total. The van der Waals surface area contributed by atoms with Crippen molar-refractivity contribution in [2.75, 3.05) is 20.2 Å². The number of nitrogens with zero attached hydrogens (tertiary/aromatic N) is 2. The van der Waals surface area contributed by atoms with Crippen molar-refractivity contribution in [2.45, 2.75) is 4.90 Å². The molecule has 0 aliphatic carbocycles. The second-order valence-corrected chi connectivity index (χ2v) is 7.21. The van der Waals surface area contributed by atoms with Gasteiger partial charge in [-0.3, -0.25) is 4.99 Å². The maximum atomic E-state index is 13.0. The number of benzene rings is 2. The van der Waals surface area contributed by atoms with Crippen molar-refractivity contribution in [1.82, 2.24) is 4.31 Å². The number of methoxy groups -OCH3 is 1. The Balaban J connectivity index is 2.05. The molecular weight excluding hydrogens is 336 g/mol. The SMILES string of the molecule is COc1cc(Cl)ccc1S(=O)(=O)N1CCN=C1c1ccccc1. The molecule has 5 nitrogen and oxygen atoms in total. The van der Waals surface area contributed by atoms with Crippen molar-refractivity contribution in [3.05, 3.63) is 59.1 Å². The van der Waals surface area contributed by atoms with Gasteiger partial charge in [-0.25, -0.2) is 12.7 Å². The van der Waals surface area contributed by atoms with Gasteiger partial charge in [-0.05, 0) is 12.1 Å². The third-order valence-corrected chi connectivity index (χ3v) is 5.59. The third-order valence-electron chi connectivity index (χ3n) is 3.53. The van der Waals surface area contributed by atoms with E-state index in [1.165, 1.54) is 29.6 Å². The van der Waals surface area contributed by atoms with Gasteiger partial charge in [0.05, 0.1) is 20.2 Å². The minimum atomic E-state index is -3.78. The molecule has 0 saturated carbocycles. The van der Waals surface area contributed by atoms with Crippen LogP contribution < -0.4 is 4.74 Å². The van der Waals surface area contributed by atoms with Gasteiger partial charge in [0.1, 0.15) is 16.5 Å². The lowest BCUT2D eigenvalue weighted by molar-refractivity contribution is 0.401. The Hall–Kier alpha value is -2.05. The second-order valence-electron chi connectivity index (χ2n) is 4.94. The average molecular weight is 351 g/mol. The Bertz CT molecular complexity index is 851. The molecule has 0 unspecified atom stereocenters. The molecule has 1 aliphatic rings. The predicted octanol–water partition coefficient (Wildman–Crippen LogP) is 2.80. The van der Waals surface area contributed by atoms with Crippen LogP contribution >= 0.6 is 11.6 Å². The minimum absolute atomic E-state index is 0.0786. The van der Waals surface area contributed by atoms with Crippen molar-refractivity contribution in [3.8, 4) is 5.75 Å². The van der Waals surface area contributed by atoms with Gasteiger partial charge in [-0.1, -0.05) is 41.9 Å². The van der Waals surface area contributed by atoms with Gasteiger partial charge in [-0.15, -0.1) is 0 Å². The summed E-state index contributed by atoms with van der Waals surface area (Å²) in [5.74, 6) is 0.666. The van der Waals surface area contributed by atoms with Crippen molar-refractivity contribution >= 4 is 27.5 Å². The van der Waals surface area contributed by atoms with Crippen LogP contribution in [0.1, 0.15) is 5.56 Å². The highest BCUT2D eigenvalue weighted by Crippen LogP contribution is 2.31. The molecule has 1 aliphatic heterocycles. The van der Waals surface area contributed by atoms with Crippen molar-refractivity contribution in [3.63, 3.8) is 0 Å². The Labute approximate surface area is 140 Å². The maximum Gasteiger partial charge on any atom is 0.269 e. The lowest BCUT2D eigenvalue weighted by Crippen LogP contribution is -2.35. The Morgan fingerprint density at radius 1 is 1.17 bits per heavy atom. The number of sulfonamides is 1. The Kier molecular flexibility index (Phi) is 4.28. The number of rotatable bonds is 4. The van der Waals surface area contributed by atoms with Crippen LogP contribution in [0, 0.1) is 0 Å². The minimum Gasteiger partial charge on any atom is -0.495 e. The van der Waals surface area contributed by atoms with E-state index >= 15 is 0 Å². The summed E-state index contributed by atoms with van der Waals surface area (Å²) >= 11 is 5.92. The average Bonchev–Trinajstić information content (AvgIpc) is 3.05. The molecule has 23 heavy (non-hydrogen) atoms. The van der Waals surface area contributed by atoms with Crippen LogP contribution in [0.3, 0.4) is 0 Å². The fraction of sp³-hybridized carbons (Fsp3) is 0.188. The van der Waals surface area contributed by atoms with E-state index in [-0.39, 0.29) is 10.6 Å². The van der Waals surface area contributed by atoms with Crippen molar-refractivity contribution in [1.29, 1.82) is 0 Å². The Morgan fingerprint density at radius 3 is 2.61 bits per heavy atom. The van der Waals surface area contributed by atoms with Crippen LogP contribution in [0.2, 0.25) is 5.02 Å². The molecule has 0 atom stereocenters. The predicted molar refractivity (Wildman–Crippen MR) is 89.7 cm³/mol. The monoisotopic (exact) mass is 350 g/mol. The zero-order valence-electron chi connectivity index (χ0n) is 12.4. The summed E-state index contributed by atoms with van der Waals surface area (Å²) in [5.41, 5.74) is 0.765. The molecule has 1 heterocycles.